The van der Waals surface area contributed by atoms with Gasteiger partial charge in [-0.25, -0.2) is 4.68 Å². The largest absolute Gasteiger partial charge is 0.340 e. The second-order valence-corrected chi connectivity index (χ2v) is 7.11. The van der Waals surface area contributed by atoms with E-state index in [1.54, 1.807) is 41.0 Å². The molecule has 0 saturated carbocycles. The second kappa shape index (κ2) is 8.01. The van der Waals surface area contributed by atoms with Crippen LogP contribution in [0.15, 0.2) is 42.7 Å². The van der Waals surface area contributed by atoms with E-state index in [0.717, 1.165) is 11.4 Å². The van der Waals surface area contributed by atoms with Crippen LogP contribution in [0.5, 0.6) is 0 Å². The molecule has 1 amide bonds. The predicted molar refractivity (Wildman–Crippen MR) is 106 cm³/mol. The van der Waals surface area contributed by atoms with E-state index in [1.165, 1.54) is 6.20 Å². The van der Waals surface area contributed by atoms with Crippen molar-refractivity contribution in [2.45, 2.75) is 20.8 Å². The SMILES string of the molecule is Cc1ccc(-n2nc(C(=O)N(C)CC(C)C)cc2-c2ccc(C#N)cn2)cn1. The van der Waals surface area contributed by atoms with Crippen molar-refractivity contribution in [3.63, 3.8) is 0 Å². The summed E-state index contributed by atoms with van der Waals surface area (Å²) in [6.45, 7) is 6.67. The van der Waals surface area contributed by atoms with Crippen molar-refractivity contribution in [1.82, 2.24) is 24.6 Å². The maximum atomic E-state index is 12.8. The monoisotopic (exact) mass is 374 g/mol. The highest BCUT2D eigenvalue weighted by Crippen LogP contribution is 2.23. The molecule has 0 aromatic carbocycles. The average molecular weight is 374 g/mol. The molecular weight excluding hydrogens is 352 g/mol. The summed E-state index contributed by atoms with van der Waals surface area (Å²) in [6.07, 6.45) is 3.22. The van der Waals surface area contributed by atoms with Crippen LogP contribution in [-0.2, 0) is 0 Å². The van der Waals surface area contributed by atoms with Crippen molar-refractivity contribution < 1.29 is 4.79 Å². The number of aromatic nitrogens is 4. The van der Waals surface area contributed by atoms with E-state index in [2.05, 4.69) is 35.0 Å². The molecule has 0 aliphatic heterocycles. The zero-order valence-electron chi connectivity index (χ0n) is 16.4. The van der Waals surface area contributed by atoms with Crippen LogP contribution in [0.25, 0.3) is 17.1 Å². The van der Waals surface area contributed by atoms with Gasteiger partial charge >= 0.3 is 0 Å². The Morgan fingerprint density at radius 2 is 2.00 bits per heavy atom. The molecule has 0 bridgehead atoms. The summed E-state index contributed by atoms with van der Waals surface area (Å²) < 4.78 is 1.66. The third kappa shape index (κ3) is 4.07. The molecule has 0 atom stereocenters. The van der Waals surface area contributed by atoms with Gasteiger partial charge in [0, 0.05) is 25.5 Å². The van der Waals surface area contributed by atoms with Crippen molar-refractivity contribution in [1.29, 1.82) is 5.26 Å². The van der Waals surface area contributed by atoms with E-state index < -0.39 is 0 Å². The third-order valence-electron chi connectivity index (χ3n) is 4.21. The summed E-state index contributed by atoms with van der Waals surface area (Å²) in [6, 6.07) is 11.0. The van der Waals surface area contributed by atoms with Gasteiger partial charge in [0.2, 0.25) is 0 Å². The molecule has 7 heteroatoms. The van der Waals surface area contributed by atoms with E-state index >= 15 is 0 Å². The van der Waals surface area contributed by atoms with Crippen LogP contribution in [0.2, 0.25) is 0 Å². The Bertz CT molecular complexity index is 1010. The van der Waals surface area contributed by atoms with Crippen LogP contribution < -0.4 is 0 Å². The molecular formula is C21H22N6O. The molecule has 0 aliphatic carbocycles. The highest BCUT2D eigenvalue weighted by molar-refractivity contribution is 5.93. The number of hydrogen-bond acceptors (Lipinski definition) is 5. The van der Waals surface area contributed by atoms with E-state index in [4.69, 9.17) is 5.26 Å². The molecule has 142 valence electrons. The number of hydrogen-bond donors (Lipinski definition) is 0. The molecule has 0 N–H and O–H groups in total. The van der Waals surface area contributed by atoms with Gasteiger partial charge in [0.15, 0.2) is 5.69 Å². The number of amides is 1. The minimum atomic E-state index is -0.151. The number of nitriles is 1. The van der Waals surface area contributed by atoms with Gasteiger partial charge in [0.25, 0.3) is 5.91 Å². The van der Waals surface area contributed by atoms with E-state index in [0.29, 0.717) is 35.1 Å². The van der Waals surface area contributed by atoms with Gasteiger partial charge in [-0.1, -0.05) is 13.8 Å². The standard InChI is InChI=1S/C21H22N6O/c1-14(2)13-26(4)21(28)19-9-20(18-8-6-16(10-22)11-24-18)27(25-19)17-7-5-15(3)23-12-17/h5-9,11-12,14H,13H2,1-4H3. The normalized spacial score (nSPS) is 10.7. The number of carbonyl (C=O) groups excluding carboxylic acids is 1. The third-order valence-corrected chi connectivity index (χ3v) is 4.21. The van der Waals surface area contributed by atoms with Crippen molar-refractivity contribution >= 4 is 5.91 Å². The summed E-state index contributed by atoms with van der Waals surface area (Å²) >= 11 is 0. The molecule has 3 rings (SSSR count). The van der Waals surface area contributed by atoms with Crippen LogP contribution in [-0.4, -0.2) is 44.1 Å². The summed E-state index contributed by atoms with van der Waals surface area (Å²) in [4.78, 5) is 23.2. The molecule has 7 nitrogen and oxygen atoms in total. The molecule has 0 saturated heterocycles. The zero-order valence-corrected chi connectivity index (χ0v) is 16.4. The quantitative estimate of drug-likeness (QED) is 0.684. The van der Waals surface area contributed by atoms with Crippen LogP contribution in [0.1, 0.15) is 35.6 Å². The second-order valence-electron chi connectivity index (χ2n) is 7.11. The fourth-order valence-electron chi connectivity index (χ4n) is 2.89. The molecule has 0 radical (unpaired) electrons. The Hall–Kier alpha value is -3.53. The number of rotatable bonds is 5. The topological polar surface area (TPSA) is 87.7 Å². The lowest BCUT2D eigenvalue weighted by molar-refractivity contribution is 0.0773. The molecule has 3 aromatic rings. The van der Waals surface area contributed by atoms with Gasteiger partial charge in [-0.3, -0.25) is 14.8 Å². The molecule has 0 fully saturated rings. The van der Waals surface area contributed by atoms with Crippen LogP contribution in [0.4, 0.5) is 0 Å². The summed E-state index contributed by atoms with van der Waals surface area (Å²) in [5.74, 6) is 0.208. The van der Waals surface area contributed by atoms with E-state index in [-0.39, 0.29) is 5.91 Å². The maximum absolute atomic E-state index is 12.8. The van der Waals surface area contributed by atoms with Gasteiger partial charge in [-0.2, -0.15) is 10.4 Å². The minimum absolute atomic E-state index is 0.151. The molecule has 28 heavy (non-hydrogen) atoms. The van der Waals surface area contributed by atoms with Gasteiger partial charge in [-0.05, 0) is 43.2 Å². The lowest BCUT2D eigenvalue weighted by Gasteiger charge is -2.17. The van der Waals surface area contributed by atoms with Crippen molar-refractivity contribution in [3.8, 4) is 23.1 Å². The summed E-state index contributed by atoms with van der Waals surface area (Å²) in [7, 11) is 1.77. The molecule has 3 heterocycles. The molecule has 0 aliphatic rings. The van der Waals surface area contributed by atoms with Crippen LogP contribution >= 0.6 is 0 Å². The highest BCUT2D eigenvalue weighted by atomic mass is 16.2. The summed E-state index contributed by atoms with van der Waals surface area (Å²) in [5.41, 5.74) is 3.72. The van der Waals surface area contributed by atoms with Crippen molar-refractivity contribution in [3.05, 3.63) is 59.7 Å². The molecule has 3 aromatic heterocycles. The molecule has 0 spiro atoms. The minimum Gasteiger partial charge on any atom is -0.340 e. The first-order valence-corrected chi connectivity index (χ1v) is 9.04. The lowest BCUT2D eigenvalue weighted by atomic mass is 10.2. The number of aryl methyl sites for hydroxylation is 1. The predicted octanol–water partition coefficient (Wildman–Crippen LogP) is 3.24. The first-order chi connectivity index (χ1) is 13.4. The van der Waals surface area contributed by atoms with Gasteiger partial charge in [-0.15, -0.1) is 0 Å². The zero-order chi connectivity index (χ0) is 20.3. The van der Waals surface area contributed by atoms with Crippen molar-refractivity contribution in [2.24, 2.45) is 5.92 Å². The fraction of sp³-hybridized carbons (Fsp3) is 0.286. The maximum Gasteiger partial charge on any atom is 0.274 e. The first kappa shape index (κ1) is 19.2. The van der Waals surface area contributed by atoms with Crippen molar-refractivity contribution in [2.75, 3.05) is 13.6 Å². The smallest absolute Gasteiger partial charge is 0.274 e. The van der Waals surface area contributed by atoms with E-state index in [1.807, 2.05) is 19.1 Å². The first-order valence-electron chi connectivity index (χ1n) is 9.04. The van der Waals surface area contributed by atoms with Gasteiger partial charge in [0.1, 0.15) is 6.07 Å². The Labute approximate surface area is 164 Å². The molecule has 0 unspecified atom stereocenters. The fourth-order valence-corrected chi connectivity index (χ4v) is 2.89. The average Bonchev–Trinajstić information content (AvgIpc) is 3.12. The van der Waals surface area contributed by atoms with Crippen LogP contribution in [0, 0.1) is 24.2 Å². The Morgan fingerprint density at radius 3 is 2.57 bits per heavy atom. The number of carbonyl (C=O) groups is 1. The van der Waals surface area contributed by atoms with E-state index in [9.17, 15) is 4.79 Å². The Balaban J connectivity index is 2.08. The number of pyridine rings is 2. The lowest BCUT2D eigenvalue weighted by Crippen LogP contribution is -2.30. The van der Waals surface area contributed by atoms with Gasteiger partial charge in [0.05, 0.1) is 28.8 Å². The van der Waals surface area contributed by atoms with Gasteiger partial charge < -0.3 is 4.90 Å². The number of nitrogens with zero attached hydrogens (tertiary/aromatic N) is 6. The summed E-state index contributed by atoms with van der Waals surface area (Å²) in [5, 5.41) is 13.5. The Kier molecular flexibility index (Phi) is 5.50. The highest BCUT2D eigenvalue weighted by Gasteiger charge is 2.21. The Morgan fingerprint density at radius 1 is 1.21 bits per heavy atom. The van der Waals surface area contributed by atoms with Crippen LogP contribution in [0.3, 0.4) is 0 Å².